The zero-order valence-electron chi connectivity index (χ0n) is 10.6. The molecule has 0 saturated heterocycles. The molecule has 2 N–H and O–H groups in total. The summed E-state index contributed by atoms with van der Waals surface area (Å²) < 4.78 is 38.5. The molecule has 1 amide bonds. The molecular weight excluding hydrogens is 283 g/mol. The molecule has 0 aromatic heterocycles. The van der Waals surface area contributed by atoms with Crippen molar-refractivity contribution in [3.05, 3.63) is 59.2 Å². The lowest BCUT2D eigenvalue weighted by atomic mass is 9.98. The van der Waals surface area contributed by atoms with E-state index in [1.54, 1.807) is 0 Å². The highest BCUT2D eigenvalue weighted by Crippen LogP contribution is 2.33. The lowest BCUT2D eigenvalue weighted by molar-refractivity contribution is -0.137. The molecular formula is C15H10F3NO2. The van der Waals surface area contributed by atoms with Crippen molar-refractivity contribution in [2.75, 3.05) is 0 Å². The van der Waals surface area contributed by atoms with Gasteiger partial charge in [-0.15, -0.1) is 0 Å². The van der Waals surface area contributed by atoms with Crippen LogP contribution < -0.4 is 5.73 Å². The van der Waals surface area contributed by atoms with E-state index in [1.807, 2.05) is 0 Å². The van der Waals surface area contributed by atoms with Crippen molar-refractivity contribution in [2.45, 2.75) is 6.18 Å². The fourth-order valence-corrected chi connectivity index (χ4v) is 1.85. The van der Waals surface area contributed by atoms with Gasteiger partial charge in [-0.1, -0.05) is 24.3 Å². The molecule has 0 atom stereocenters. The van der Waals surface area contributed by atoms with Crippen LogP contribution >= 0.6 is 0 Å². The molecule has 0 bridgehead atoms. The fourth-order valence-electron chi connectivity index (χ4n) is 1.85. The topological polar surface area (TPSA) is 60.2 Å². The van der Waals surface area contributed by atoms with E-state index in [0.717, 1.165) is 6.07 Å². The van der Waals surface area contributed by atoms with Crippen LogP contribution in [0.5, 0.6) is 0 Å². The monoisotopic (exact) mass is 293 g/mol. The van der Waals surface area contributed by atoms with E-state index >= 15 is 0 Å². The predicted octanol–water partition coefficient (Wildman–Crippen LogP) is 3.28. The molecule has 0 heterocycles. The lowest BCUT2D eigenvalue weighted by Crippen LogP contribution is -2.14. The Morgan fingerprint density at radius 2 is 1.62 bits per heavy atom. The molecule has 0 radical (unpaired) electrons. The Hall–Kier alpha value is -2.63. The first-order valence-corrected chi connectivity index (χ1v) is 5.89. The van der Waals surface area contributed by atoms with Gasteiger partial charge < -0.3 is 5.73 Å². The number of amides is 1. The van der Waals surface area contributed by atoms with E-state index in [0.29, 0.717) is 23.5 Å². The maximum absolute atomic E-state index is 12.8. The van der Waals surface area contributed by atoms with Crippen molar-refractivity contribution in [1.29, 1.82) is 0 Å². The molecule has 2 aromatic rings. The number of rotatable bonds is 3. The zero-order chi connectivity index (χ0) is 15.6. The molecule has 3 nitrogen and oxygen atoms in total. The molecule has 21 heavy (non-hydrogen) atoms. The summed E-state index contributed by atoms with van der Waals surface area (Å²) in [6.07, 6.45) is -3.95. The van der Waals surface area contributed by atoms with E-state index in [-0.39, 0.29) is 11.1 Å². The molecule has 0 saturated carbocycles. The minimum atomic E-state index is -4.58. The summed E-state index contributed by atoms with van der Waals surface area (Å²) in [6, 6.07) is 8.90. The Morgan fingerprint density at radius 3 is 2.10 bits per heavy atom. The fraction of sp³-hybridized carbons (Fsp3) is 0.0667. The number of alkyl halides is 3. The smallest absolute Gasteiger partial charge is 0.366 e. The second-order valence-corrected chi connectivity index (χ2v) is 4.40. The van der Waals surface area contributed by atoms with Gasteiger partial charge in [0.15, 0.2) is 0 Å². The van der Waals surface area contributed by atoms with E-state index < -0.39 is 17.6 Å². The molecule has 2 aromatic carbocycles. The minimum absolute atomic E-state index is 0.205. The molecule has 2 rings (SSSR count). The molecule has 0 spiro atoms. The largest absolute Gasteiger partial charge is 0.416 e. The van der Waals surface area contributed by atoms with Gasteiger partial charge in [0.25, 0.3) is 0 Å². The van der Waals surface area contributed by atoms with Gasteiger partial charge in [0.05, 0.1) is 5.56 Å². The number of carbonyl (C=O) groups excluding carboxylic acids is 2. The molecule has 6 heteroatoms. The number of nitrogens with two attached hydrogens (primary N) is 1. The van der Waals surface area contributed by atoms with Gasteiger partial charge in [-0.25, -0.2) is 0 Å². The normalized spacial score (nSPS) is 11.2. The van der Waals surface area contributed by atoms with Crippen molar-refractivity contribution in [1.82, 2.24) is 0 Å². The van der Waals surface area contributed by atoms with Crippen molar-refractivity contribution in [2.24, 2.45) is 5.73 Å². The number of halogens is 3. The van der Waals surface area contributed by atoms with Crippen LogP contribution in [0, 0.1) is 0 Å². The number of primary amides is 1. The highest BCUT2D eigenvalue weighted by atomic mass is 19.4. The van der Waals surface area contributed by atoms with Crippen LogP contribution in [0.1, 0.15) is 26.3 Å². The zero-order valence-corrected chi connectivity index (χ0v) is 10.6. The van der Waals surface area contributed by atoms with Crippen LogP contribution in [0.4, 0.5) is 13.2 Å². The Kier molecular flexibility index (Phi) is 3.80. The van der Waals surface area contributed by atoms with E-state index in [4.69, 9.17) is 5.73 Å². The van der Waals surface area contributed by atoms with Crippen LogP contribution in [0.25, 0.3) is 11.1 Å². The number of hydrogen-bond acceptors (Lipinski definition) is 2. The summed E-state index contributed by atoms with van der Waals surface area (Å²) in [7, 11) is 0. The summed E-state index contributed by atoms with van der Waals surface area (Å²) in [5.74, 6) is -0.938. The van der Waals surface area contributed by atoms with Gasteiger partial charge in [-0.05, 0) is 29.3 Å². The van der Waals surface area contributed by atoms with Crippen LogP contribution in [0.3, 0.4) is 0 Å². The Balaban J connectivity index is 2.58. The van der Waals surface area contributed by atoms with Crippen LogP contribution in [0.15, 0.2) is 42.5 Å². The molecule has 108 valence electrons. The van der Waals surface area contributed by atoms with Crippen molar-refractivity contribution < 1.29 is 22.8 Å². The Labute approximate surface area is 118 Å². The SMILES string of the molecule is NC(=O)c1cc(-c2ccc(C=O)cc2)cc(C(F)(F)F)c1. The predicted molar refractivity (Wildman–Crippen MR) is 70.8 cm³/mol. The van der Waals surface area contributed by atoms with Gasteiger partial charge in [-0.2, -0.15) is 13.2 Å². The maximum Gasteiger partial charge on any atom is 0.416 e. The summed E-state index contributed by atoms with van der Waals surface area (Å²) in [4.78, 5) is 21.7. The first-order chi connectivity index (χ1) is 9.81. The second-order valence-electron chi connectivity index (χ2n) is 4.40. The third-order valence-corrected chi connectivity index (χ3v) is 2.92. The second kappa shape index (κ2) is 5.40. The molecule has 0 aliphatic carbocycles. The standard InChI is InChI=1S/C15H10F3NO2/c16-15(17,18)13-6-11(5-12(7-13)14(19)21)10-3-1-9(8-20)2-4-10/h1-8H,(H2,19,21). The minimum Gasteiger partial charge on any atom is -0.366 e. The maximum atomic E-state index is 12.8. The Bertz CT molecular complexity index is 691. The quantitative estimate of drug-likeness (QED) is 0.883. The van der Waals surface area contributed by atoms with Crippen molar-refractivity contribution in [3.63, 3.8) is 0 Å². The molecule has 0 aliphatic heterocycles. The van der Waals surface area contributed by atoms with Gasteiger partial charge in [0.2, 0.25) is 5.91 Å². The van der Waals surface area contributed by atoms with Gasteiger partial charge in [0, 0.05) is 11.1 Å². The van der Waals surface area contributed by atoms with Gasteiger partial charge >= 0.3 is 6.18 Å². The molecule has 0 fully saturated rings. The lowest BCUT2D eigenvalue weighted by Gasteiger charge is -2.11. The summed E-state index contributed by atoms with van der Waals surface area (Å²) >= 11 is 0. The first kappa shape index (κ1) is 14.8. The van der Waals surface area contributed by atoms with Crippen LogP contribution in [0.2, 0.25) is 0 Å². The third-order valence-electron chi connectivity index (χ3n) is 2.92. The van der Waals surface area contributed by atoms with E-state index in [1.165, 1.54) is 30.3 Å². The highest BCUT2D eigenvalue weighted by molar-refractivity contribution is 5.94. The summed E-state index contributed by atoms with van der Waals surface area (Å²) in [5.41, 5.74) is 4.95. The number of hydrogen-bond donors (Lipinski definition) is 1. The summed E-state index contributed by atoms with van der Waals surface area (Å²) in [5, 5.41) is 0. The number of aldehydes is 1. The third kappa shape index (κ3) is 3.28. The average molecular weight is 293 g/mol. The van der Waals surface area contributed by atoms with Crippen molar-refractivity contribution >= 4 is 12.2 Å². The average Bonchev–Trinajstić information content (AvgIpc) is 2.46. The Morgan fingerprint density at radius 1 is 1.00 bits per heavy atom. The van der Waals surface area contributed by atoms with Crippen molar-refractivity contribution in [3.8, 4) is 11.1 Å². The van der Waals surface area contributed by atoms with Gasteiger partial charge in [0.1, 0.15) is 6.29 Å². The first-order valence-electron chi connectivity index (χ1n) is 5.89. The number of benzene rings is 2. The van der Waals surface area contributed by atoms with Crippen LogP contribution in [-0.4, -0.2) is 12.2 Å². The molecule has 0 aliphatic rings. The summed E-state index contributed by atoms with van der Waals surface area (Å²) in [6.45, 7) is 0. The highest BCUT2D eigenvalue weighted by Gasteiger charge is 2.31. The molecule has 0 unspecified atom stereocenters. The van der Waals surface area contributed by atoms with E-state index in [9.17, 15) is 22.8 Å². The van der Waals surface area contributed by atoms with Crippen LogP contribution in [-0.2, 0) is 6.18 Å². The number of carbonyl (C=O) groups is 2. The van der Waals surface area contributed by atoms with Gasteiger partial charge in [-0.3, -0.25) is 9.59 Å². The van der Waals surface area contributed by atoms with E-state index in [2.05, 4.69) is 0 Å².